The van der Waals surface area contributed by atoms with E-state index >= 15 is 0 Å². The molecule has 6 nitrogen and oxygen atoms in total. The number of esters is 1. The third kappa shape index (κ3) is 5.14. The van der Waals surface area contributed by atoms with Gasteiger partial charge in [0.25, 0.3) is 5.91 Å². The van der Waals surface area contributed by atoms with Gasteiger partial charge in [0.1, 0.15) is 0 Å². The minimum atomic E-state index is -0.614. The van der Waals surface area contributed by atoms with E-state index in [4.69, 9.17) is 16.3 Å². The summed E-state index contributed by atoms with van der Waals surface area (Å²) in [6.07, 6.45) is 0. The molecule has 0 aromatic heterocycles. The van der Waals surface area contributed by atoms with Crippen LogP contribution in [0.3, 0.4) is 0 Å². The summed E-state index contributed by atoms with van der Waals surface area (Å²) in [6, 6.07) is 11.3. The molecule has 0 unspecified atom stereocenters. The van der Waals surface area contributed by atoms with Gasteiger partial charge in [0, 0.05) is 22.2 Å². The Morgan fingerprint density at radius 1 is 1.12 bits per heavy atom. The minimum Gasteiger partial charge on any atom is -0.455 e. The number of hydrazine groups is 1. The highest BCUT2D eigenvalue weighted by atomic mass is 35.5. The summed E-state index contributed by atoms with van der Waals surface area (Å²) in [7, 11) is 0. The Morgan fingerprint density at radius 3 is 2.54 bits per heavy atom. The van der Waals surface area contributed by atoms with Crippen molar-refractivity contribution in [1.29, 1.82) is 0 Å². The molecule has 2 amide bonds. The fourth-order valence-electron chi connectivity index (χ4n) is 1.90. The maximum absolute atomic E-state index is 11.7. The lowest BCUT2D eigenvalue weighted by molar-refractivity contribution is -0.146. The largest absolute Gasteiger partial charge is 0.455 e. The fourth-order valence-corrected chi connectivity index (χ4v) is 3.14. The number of rotatable bonds is 5. The standard InChI is InChI=1S/C16H15ClN2O4S/c1-10(20)18-19-14(21)8-23-15(22)9-24-13-7-3-5-11-4-2-6-12(17)16(11)13/h2-7H,8-9H2,1H3,(H,18,20)(H,19,21). The summed E-state index contributed by atoms with van der Waals surface area (Å²) in [5.41, 5.74) is 4.21. The molecule has 0 heterocycles. The van der Waals surface area contributed by atoms with Crippen molar-refractivity contribution in [2.45, 2.75) is 11.8 Å². The van der Waals surface area contributed by atoms with Crippen LogP contribution < -0.4 is 10.9 Å². The first-order valence-electron chi connectivity index (χ1n) is 6.98. The van der Waals surface area contributed by atoms with Crippen LogP contribution in [-0.4, -0.2) is 30.1 Å². The van der Waals surface area contributed by atoms with Crippen molar-refractivity contribution < 1.29 is 19.1 Å². The second-order valence-corrected chi connectivity index (χ2v) is 6.20. The predicted molar refractivity (Wildman–Crippen MR) is 92.6 cm³/mol. The number of fused-ring (bicyclic) bond motifs is 1. The number of carbonyl (C=O) groups is 3. The zero-order chi connectivity index (χ0) is 17.5. The van der Waals surface area contributed by atoms with E-state index in [-0.39, 0.29) is 5.75 Å². The van der Waals surface area contributed by atoms with Crippen LogP contribution in [0.2, 0.25) is 5.02 Å². The van der Waals surface area contributed by atoms with E-state index in [9.17, 15) is 14.4 Å². The molecule has 0 aliphatic rings. The van der Waals surface area contributed by atoms with Gasteiger partial charge in [0.15, 0.2) is 6.61 Å². The molecular formula is C16H15ClN2O4S. The Morgan fingerprint density at radius 2 is 1.83 bits per heavy atom. The van der Waals surface area contributed by atoms with Gasteiger partial charge in [-0.15, -0.1) is 11.8 Å². The van der Waals surface area contributed by atoms with Crippen molar-refractivity contribution in [3.05, 3.63) is 41.4 Å². The van der Waals surface area contributed by atoms with E-state index in [1.165, 1.54) is 18.7 Å². The summed E-state index contributed by atoms with van der Waals surface area (Å²) in [4.78, 5) is 34.5. The molecule has 0 atom stereocenters. The molecule has 2 aromatic carbocycles. The van der Waals surface area contributed by atoms with E-state index in [2.05, 4.69) is 10.9 Å². The first-order chi connectivity index (χ1) is 11.5. The van der Waals surface area contributed by atoms with Crippen molar-refractivity contribution in [3.63, 3.8) is 0 Å². The molecule has 0 radical (unpaired) electrons. The van der Waals surface area contributed by atoms with Gasteiger partial charge in [0.05, 0.1) is 5.75 Å². The van der Waals surface area contributed by atoms with Crippen LogP contribution in [0.5, 0.6) is 0 Å². The summed E-state index contributed by atoms with van der Waals surface area (Å²) in [5, 5.41) is 2.47. The van der Waals surface area contributed by atoms with Crippen LogP contribution in [0, 0.1) is 0 Å². The molecule has 0 spiro atoms. The van der Waals surface area contributed by atoms with Crippen LogP contribution >= 0.6 is 23.4 Å². The van der Waals surface area contributed by atoms with E-state index in [1.54, 1.807) is 6.07 Å². The summed E-state index contributed by atoms with van der Waals surface area (Å²) < 4.78 is 4.84. The summed E-state index contributed by atoms with van der Waals surface area (Å²) in [5.74, 6) is -1.53. The first-order valence-corrected chi connectivity index (χ1v) is 8.35. The Hall–Kier alpha value is -2.25. The molecular weight excluding hydrogens is 352 g/mol. The van der Waals surface area contributed by atoms with Gasteiger partial charge in [-0.05, 0) is 17.5 Å². The van der Waals surface area contributed by atoms with E-state index in [0.29, 0.717) is 5.02 Å². The Kier molecular flexibility index (Phi) is 6.45. The monoisotopic (exact) mass is 366 g/mol. The molecule has 0 aliphatic heterocycles. The molecule has 126 valence electrons. The van der Waals surface area contributed by atoms with Crippen LogP contribution in [0.15, 0.2) is 41.3 Å². The van der Waals surface area contributed by atoms with Gasteiger partial charge in [-0.2, -0.15) is 0 Å². The smallest absolute Gasteiger partial charge is 0.316 e. The maximum Gasteiger partial charge on any atom is 0.316 e. The zero-order valence-electron chi connectivity index (χ0n) is 12.8. The number of carbonyl (C=O) groups excluding carboxylic acids is 3. The average Bonchev–Trinajstić information content (AvgIpc) is 2.56. The Balaban J connectivity index is 1.88. The fraction of sp³-hybridized carbons (Fsp3) is 0.188. The van der Waals surface area contributed by atoms with Crippen molar-refractivity contribution >= 4 is 51.9 Å². The van der Waals surface area contributed by atoms with E-state index < -0.39 is 24.4 Å². The van der Waals surface area contributed by atoms with Gasteiger partial charge in [-0.3, -0.25) is 25.2 Å². The first kappa shape index (κ1) is 18.1. The van der Waals surface area contributed by atoms with Crippen LogP contribution in [0.4, 0.5) is 0 Å². The Labute approximate surface area is 147 Å². The Bertz CT molecular complexity index is 777. The van der Waals surface area contributed by atoms with Gasteiger partial charge < -0.3 is 4.74 Å². The SMILES string of the molecule is CC(=O)NNC(=O)COC(=O)CSc1cccc2cccc(Cl)c12. The quantitative estimate of drug-likeness (QED) is 0.482. The highest BCUT2D eigenvalue weighted by Gasteiger charge is 2.11. The number of hydrogen-bond acceptors (Lipinski definition) is 5. The molecule has 24 heavy (non-hydrogen) atoms. The molecule has 0 aliphatic carbocycles. The average molecular weight is 367 g/mol. The number of thioether (sulfide) groups is 1. The van der Waals surface area contributed by atoms with Crippen LogP contribution in [0.25, 0.3) is 10.8 Å². The maximum atomic E-state index is 11.7. The lowest BCUT2D eigenvalue weighted by Gasteiger charge is -2.08. The van der Waals surface area contributed by atoms with Gasteiger partial charge >= 0.3 is 5.97 Å². The lowest BCUT2D eigenvalue weighted by atomic mass is 10.1. The third-order valence-electron chi connectivity index (χ3n) is 2.90. The lowest BCUT2D eigenvalue weighted by Crippen LogP contribution is -2.42. The second-order valence-electron chi connectivity index (χ2n) is 4.77. The van der Waals surface area contributed by atoms with Gasteiger partial charge in [0.2, 0.25) is 5.91 Å². The topological polar surface area (TPSA) is 84.5 Å². The van der Waals surface area contributed by atoms with Crippen LogP contribution in [-0.2, 0) is 19.1 Å². The van der Waals surface area contributed by atoms with E-state index in [0.717, 1.165) is 15.7 Å². The number of nitrogens with one attached hydrogen (secondary N) is 2. The van der Waals surface area contributed by atoms with Crippen LogP contribution in [0.1, 0.15) is 6.92 Å². The predicted octanol–water partition coefficient (Wildman–Crippen LogP) is 2.30. The molecule has 0 bridgehead atoms. The molecule has 0 saturated carbocycles. The molecule has 0 fully saturated rings. The van der Waals surface area contributed by atoms with Crippen molar-refractivity contribution in [3.8, 4) is 0 Å². The molecule has 0 saturated heterocycles. The van der Waals surface area contributed by atoms with Gasteiger partial charge in [-0.25, -0.2) is 0 Å². The summed E-state index contributed by atoms with van der Waals surface area (Å²) >= 11 is 7.51. The zero-order valence-corrected chi connectivity index (χ0v) is 14.4. The minimum absolute atomic E-state index is 0.0394. The van der Waals surface area contributed by atoms with Gasteiger partial charge in [-0.1, -0.05) is 35.9 Å². The molecule has 2 N–H and O–H groups in total. The highest BCUT2D eigenvalue weighted by Crippen LogP contribution is 2.33. The number of hydrogen-bond donors (Lipinski definition) is 2. The van der Waals surface area contributed by atoms with Crippen molar-refractivity contribution in [1.82, 2.24) is 10.9 Å². The normalized spacial score (nSPS) is 10.2. The number of amides is 2. The molecule has 8 heteroatoms. The second kappa shape index (κ2) is 8.56. The van der Waals surface area contributed by atoms with Crippen molar-refractivity contribution in [2.75, 3.05) is 12.4 Å². The molecule has 2 aromatic rings. The molecule has 2 rings (SSSR count). The highest BCUT2D eigenvalue weighted by molar-refractivity contribution is 8.00. The van der Waals surface area contributed by atoms with E-state index in [1.807, 2.05) is 30.3 Å². The van der Waals surface area contributed by atoms with Crippen molar-refractivity contribution in [2.24, 2.45) is 0 Å². The number of benzene rings is 2. The number of halogens is 1. The third-order valence-corrected chi connectivity index (χ3v) is 4.25. The summed E-state index contributed by atoms with van der Waals surface area (Å²) in [6.45, 7) is 0.786. The number of ether oxygens (including phenoxy) is 1.